The number of hydrogen-bond acceptors (Lipinski definition) is 22. The minimum absolute atomic E-state index is 0.185. The third-order valence-electron chi connectivity index (χ3n) is 22.6. The van der Waals surface area contributed by atoms with Crippen molar-refractivity contribution in [1.82, 2.24) is 105 Å². The van der Waals surface area contributed by atoms with E-state index in [1.165, 1.54) is 19.2 Å². The SMILES string of the molecule is CN1CCC(CCNc2nc(-c3ccccc3)c(-c3cc(Cl)c4[nH]ncc4c3)[nH]c2=O)CC1.CN1CCC(CCNc2nc(-c3ccccc3)c(-c3cc(Cl)c4[nH]ncc4c3)[nH]c2=O)OC1.O=c1[nH]c(-c2cc(Cl)c3[nH]ncc3c2)c(-c2ccccc2)nc1NCCc1ccncc1.O=c1[nH]c(-c2cc(Cl)c3[nH]ncc3c2)c(-c2ccccc2)nc1NCCc1ccncn1. The number of benzene rings is 8. The smallest absolute Gasteiger partial charge is 0.291 e. The second kappa shape index (κ2) is 41.2. The fourth-order valence-corrected chi connectivity index (χ4v) is 16.8. The van der Waals surface area contributed by atoms with Crippen LogP contribution in [-0.4, -0.2) is 178 Å². The molecule has 0 amide bonds. The molecule has 130 heavy (non-hydrogen) atoms. The van der Waals surface area contributed by atoms with Crippen molar-refractivity contribution >= 4 is 113 Å². The number of aromatic amines is 8. The van der Waals surface area contributed by atoms with Gasteiger partial charge in [-0.2, -0.15) is 20.4 Å². The third kappa shape index (κ3) is 21.1. The van der Waals surface area contributed by atoms with Gasteiger partial charge in [0.2, 0.25) is 0 Å². The van der Waals surface area contributed by atoms with Crippen LogP contribution in [-0.2, 0) is 17.6 Å². The molecule has 2 fully saturated rings. The van der Waals surface area contributed by atoms with Crippen molar-refractivity contribution < 1.29 is 4.74 Å². The number of halogens is 4. The van der Waals surface area contributed by atoms with E-state index in [1.54, 1.807) is 55.5 Å². The Morgan fingerprint density at radius 3 is 1.06 bits per heavy atom. The highest BCUT2D eigenvalue weighted by atomic mass is 35.5. The average molecular weight is 1810 g/mol. The molecule has 656 valence electrons. The Hall–Kier alpha value is -14.4. The summed E-state index contributed by atoms with van der Waals surface area (Å²) in [5, 5.41) is 46.2. The van der Waals surface area contributed by atoms with Crippen molar-refractivity contribution in [1.29, 1.82) is 0 Å². The van der Waals surface area contributed by atoms with Crippen LogP contribution in [0.25, 0.3) is 134 Å². The molecule has 1 atom stereocenters. The molecule has 2 saturated heterocycles. The highest BCUT2D eigenvalue weighted by molar-refractivity contribution is 6.37. The van der Waals surface area contributed by atoms with Crippen molar-refractivity contribution in [3.8, 4) is 90.1 Å². The summed E-state index contributed by atoms with van der Waals surface area (Å²) < 4.78 is 5.83. The van der Waals surface area contributed by atoms with Crippen LogP contribution in [0.2, 0.25) is 20.1 Å². The number of hydrogen-bond donors (Lipinski definition) is 12. The number of aromatic nitrogens is 19. The lowest BCUT2D eigenvalue weighted by molar-refractivity contribution is -0.0590. The lowest BCUT2D eigenvalue weighted by Gasteiger charge is -2.29. The molecular formula is C96H89Cl4N25O5. The van der Waals surface area contributed by atoms with E-state index in [0.29, 0.717) is 116 Å². The highest BCUT2D eigenvalue weighted by Crippen LogP contribution is 2.39. The number of likely N-dealkylation sites (tertiary alicyclic amines) is 1. The van der Waals surface area contributed by atoms with Gasteiger partial charge in [-0.1, -0.05) is 168 Å². The quantitative estimate of drug-likeness (QED) is 0.0267. The number of ether oxygens (including phenoxy) is 1. The summed E-state index contributed by atoms with van der Waals surface area (Å²) in [6.45, 7) is 6.34. The first kappa shape index (κ1) is 87.7. The predicted octanol–water partition coefficient (Wildman–Crippen LogP) is 17.7. The van der Waals surface area contributed by atoms with Crippen LogP contribution in [0.1, 0.15) is 43.4 Å². The zero-order valence-corrected chi connectivity index (χ0v) is 73.7. The fourth-order valence-electron chi connectivity index (χ4n) is 15.7. The number of nitrogens with one attached hydrogen (secondary N) is 12. The third-order valence-corrected chi connectivity index (χ3v) is 23.8. The van der Waals surface area contributed by atoms with Crippen LogP contribution in [0.5, 0.6) is 0 Å². The number of nitrogens with zero attached hydrogens (tertiary/aromatic N) is 13. The molecule has 0 saturated carbocycles. The largest absolute Gasteiger partial charge is 0.365 e. The molecule has 2 aliphatic heterocycles. The number of anilines is 4. The van der Waals surface area contributed by atoms with Gasteiger partial charge in [-0.15, -0.1) is 0 Å². The van der Waals surface area contributed by atoms with Gasteiger partial charge in [0.25, 0.3) is 22.2 Å². The van der Waals surface area contributed by atoms with Gasteiger partial charge >= 0.3 is 0 Å². The van der Waals surface area contributed by atoms with E-state index in [9.17, 15) is 19.2 Å². The number of fused-ring (bicyclic) bond motifs is 4. The van der Waals surface area contributed by atoms with Crippen molar-refractivity contribution in [2.45, 2.75) is 51.0 Å². The number of rotatable bonds is 24. The standard InChI is InChI=1S/C25H27ClN6O.C24H25ClN6O2.C24H19ClN6O.C23H18ClN7O/c1-32-11-8-16(9-12-32)7-10-27-24-25(33)30-23(22(29-24)17-5-3-2-4-6-17)18-13-19-15-28-31-21(19)20(26)14-18;1-31-10-8-18(33-14-31)7-9-26-23-24(32)29-22(21(28-23)15-5-3-2-4-6-15)16-11-17-13-27-30-20(17)19(25)12-16;25-19-13-17(12-18-14-28-31-20(18)19)22-21(16-4-2-1-3-5-16)29-23(24(32)30-22)27-11-8-15-6-9-26-10-7-15;24-18-11-15(10-16-12-28-31-19(16)18)21-20(14-4-2-1-3-5-14)29-22(23(32)30-21)26-9-7-17-6-8-25-13-27-17/h2-6,13-16H,7-12H2,1H3,(H,27,29)(H,28,31)(H,30,33);2-6,11-13,18H,7-10,14H2,1H3,(H,26,28)(H,27,30)(H,29,32);1-7,9-10,12-14H,8,11H2,(H,27,29)(H,28,31)(H,30,32);1-6,8,10-13H,7,9H2,(H,26,29)(H,28,31)(H,30,32). The van der Waals surface area contributed by atoms with Crippen molar-refractivity contribution in [3.63, 3.8) is 0 Å². The summed E-state index contributed by atoms with van der Waals surface area (Å²) in [4.78, 5) is 99.4. The van der Waals surface area contributed by atoms with E-state index in [0.717, 1.165) is 151 Å². The molecule has 0 radical (unpaired) electrons. The Balaban J connectivity index is 0.000000121. The highest BCUT2D eigenvalue weighted by Gasteiger charge is 2.25. The zero-order valence-electron chi connectivity index (χ0n) is 70.6. The Bertz CT molecular complexity index is 6760. The molecule has 0 spiro atoms. The average Bonchev–Trinajstić information content (AvgIpc) is 1.40. The lowest BCUT2D eigenvalue weighted by atomic mass is 9.94. The summed E-state index contributed by atoms with van der Waals surface area (Å²) in [6, 6.07) is 59.8. The Morgan fingerprint density at radius 1 is 0.377 bits per heavy atom. The van der Waals surface area contributed by atoms with Crippen LogP contribution in [0.3, 0.4) is 0 Å². The molecule has 10 aromatic heterocycles. The summed E-state index contributed by atoms with van der Waals surface area (Å²) in [5.41, 5.74) is 15.7. The Morgan fingerprint density at radius 2 is 0.715 bits per heavy atom. The molecule has 8 aromatic carbocycles. The summed E-state index contributed by atoms with van der Waals surface area (Å²) in [6.07, 6.45) is 20.3. The molecule has 20 rings (SSSR count). The van der Waals surface area contributed by atoms with Crippen LogP contribution in [0, 0.1) is 5.92 Å². The molecule has 12 N–H and O–H groups in total. The lowest BCUT2D eigenvalue weighted by Crippen LogP contribution is -2.36. The molecule has 12 heterocycles. The molecule has 34 heteroatoms. The minimum Gasteiger partial charge on any atom is -0.365 e. The molecule has 30 nitrogen and oxygen atoms in total. The number of H-pyrrole nitrogens is 8. The maximum absolute atomic E-state index is 13.0. The first-order valence-electron chi connectivity index (χ1n) is 42.4. The number of pyridine rings is 1. The van der Waals surface area contributed by atoms with Gasteiger partial charge in [0.05, 0.1) is 125 Å². The molecular weight excluding hydrogens is 1730 g/mol. The second-order valence-electron chi connectivity index (χ2n) is 31.6. The van der Waals surface area contributed by atoms with Crippen molar-refractivity contribution in [2.24, 2.45) is 5.92 Å². The minimum atomic E-state index is -0.314. The van der Waals surface area contributed by atoms with Crippen LogP contribution in [0.15, 0.2) is 257 Å². The predicted molar refractivity (Wildman–Crippen MR) is 516 cm³/mol. The first-order chi connectivity index (χ1) is 63.5. The van der Waals surface area contributed by atoms with Gasteiger partial charge in [-0.3, -0.25) is 49.5 Å². The van der Waals surface area contributed by atoms with E-state index in [2.05, 4.69) is 114 Å². The van der Waals surface area contributed by atoms with Crippen molar-refractivity contribution in [3.05, 3.63) is 311 Å². The summed E-state index contributed by atoms with van der Waals surface area (Å²) in [5.74, 6) is 1.85. The summed E-state index contributed by atoms with van der Waals surface area (Å²) in [7, 11) is 4.21. The van der Waals surface area contributed by atoms with Crippen LogP contribution >= 0.6 is 46.4 Å². The van der Waals surface area contributed by atoms with Gasteiger partial charge in [-0.05, 0) is 144 Å². The van der Waals surface area contributed by atoms with Crippen molar-refractivity contribution in [2.75, 3.05) is 87.9 Å². The maximum Gasteiger partial charge on any atom is 0.291 e. The maximum atomic E-state index is 13.0. The second-order valence-corrected chi connectivity index (χ2v) is 33.2. The number of piperidine rings is 1. The van der Waals surface area contributed by atoms with E-state index in [4.69, 9.17) is 71.1 Å². The van der Waals surface area contributed by atoms with Gasteiger partial charge in [0.15, 0.2) is 23.3 Å². The first-order valence-corrected chi connectivity index (χ1v) is 43.9. The van der Waals surface area contributed by atoms with E-state index in [1.807, 2.05) is 183 Å². The van der Waals surface area contributed by atoms with E-state index in [-0.39, 0.29) is 40.0 Å². The van der Waals surface area contributed by atoms with E-state index < -0.39 is 0 Å². The van der Waals surface area contributed by atoms with Crippen LogP contribution in [0.4, 0.5) is 23.3 Å². The van der Waals surface area contributed by atoms with Gasteiger partial charge in [-0.25, -0.2) is 29.9 Å². The molecule has 1 unspecified atom stereocenters. The molecule has 0 aliphatic carbocycles. The van der Waals surface area contributed by atoms with Gasteiger partial charge in [0.1, 0.15) is 6.33 Å². The Labute approximate surface area is 764 Å². The molecule has 0 bridgehead atoms. The van der Waals surface area contributed by atoms with Gasteiger partial charge < -0.3 is 50.8 Å². The normalized spacial score (nSPS) is 13.6. The Kier molecular flexibility index (Phi) is 27.8. The van der Waals surface area contributed by atoms with E-state index >= 15 is 0 Å². The van der Waals surface area contributed by atoms with Crippen LogP contribution < -0.4 is 43.5 Å². The fraction of sp³-hybridized carbons (Fsp3) is 0.198. The summed E-state index contributed by atoms with van der Waals surface area (Å²) >= 11 is 25.8. The monoisotopic (exact) mass is 1810 g/mol. The molecule has 2 aliphatic rings. The molecule has 18 aromatic rings. The zero-order chi connectivity index (χ0) is 89.4. The topological polar surface area (TPSA) is 400 Å². The van der Waals surface area contributed by atoms with Gasteiger partial charge in [0, 0.05) is 129 Å².